The van der Waals surface area contributed by atoms with E-state index in [1.165, 1.54) is 0 Å². The van der Waals surface area contributed by atoms with Crippen LogP contribution in [0.1, 0.15) is 22.8 Å². The Hall–Kier alpha value is -3.51. The van der Waals surface area contributed by atoms with Gasteiger partial charge in [0.25, 0.3) is 11.8 Å². The fourth-order valence-corrected chi connectivity index (χ4v) is 3.22. The van der Waals surface area contributed by atoms with Gasteiger partial charge in [0, 0.05) is 16.1 Å². The molecule has 0 aliphatic heterocycles. The first-order valence-corrected chi connectivity index (χ1v) is 11.1. The zero-order valence-electron chi connectivity index (χ0n) is 17.4. The number of thioether (sulfide) groups is 1. The molecule has 0 saturated carbocycles. The molecule has 0 aromatic heterocycles. The molecule has 0 saturated heterocycles. The van der Waals surface area contributed by atoms with Gasteiger partial charge < -0.3 is 15.4 Å². The molecule has 0 spiro atoms. The van der Waals surface area contributed by atoms with Crippen molar-refractivity contribution in [2.75, 3.05) is 18.2 Å². The summed E-state index contributed by atoms with van der Waals surface area (Å²) in [5.74, 6) is -0.0198. The average Bonchev–Trinajstić information content (AvgIpc) is 2.81. The van der Waals surface area contributed by atoms with Crippen molar-refractivity contribution in [3.63, 3.8) is 0 Å². The predicted molar refractivity (Wildman–Crippen MR) is 126 cm³/mol. The van der Waals surface area contributed by atoms with Gasteiger partial charge in [0.15, 0.2) is 0 Å². The summed E-state index contributed by atoms with van der Waals surface area (Å²) in [7, 11) is 0. The van der Waals surface area contributed by atoms with E-state index >= 15 is 0 Å². The lowest BCUT2D eigenvalue weighted by Crippen LogP contribution is -2.30. The molecule has 0 radical (unpaired) electrons. The first kappa shape index (κ1) is 22.2. The van der Waals surface area contributed by atoms with E-state index in [0.29, 0.717) is 17.9 Å². The van der Waals surface area contributed by atoms with Crippen molar-refractivity contribution < 1.29 is 14.3 Å². The molecular formula is C25H24N2O3S. The van der Waals surface area contributed by atoms with Gasteiger partial charge in [-0.3, -0.25) is 9.59 Å². The summed E-state index contributed by atoms with van der Waals surface area (Å²) in [6, 6.07) is 23.6. The van der Waals surface area contributed by atoms with Crippen LogP contribution >= 0.6 is 11.8 Å². The van der Waals surface area contributed by atoms with Gasteiger partial charge in [0.05, 0.1) is 6.61 Å². The molecule has 0 aliphatic rings. The van der Waals surface area contributed by atoms with Crippen LogP contribution in [0.25, 0.3) is 6.08 Å². The number of ether oxygens (including phenoxy) is 1. The summed E-state index contributed by atoms with van der Waals surface area (Å²) in [5.41, 5.74) is 2.03. The maximum atomic E-state index is 13.0. The molecule has 0 heterocycles. The molecule has 31 heavy (non-hydrogen) atoms. The molecule has 5 nitrogen and oxygen atoms in total. The third kappa shape index (κ3) is 6.49. The number of hydrogen-bond acceptors (Lipinski definition) is 4. The van der Waals surface area contributed by atoms with Crippen molar-refractivity contribution in [2.24, 2.45) is 0 Å². The van der Waals surface area contributed by atoms with Crippen molar-refractivity contribution in [2.45, 2.75) is 11.8 Å². The number of benzene rings is 3. The monoisotopic (exact) mass is 432 g/mol. The molecule has 2 amide bonds. The SMILES string of the molecule is CCOc1ccc(/C=C(\NC(=O)c2ccccc2)C(=O)Nc2ccc(SC)cc2)cc1. The Bertz CT molecular complexity index is 1050. The molecular weight excluding hydrogens is 408 g/mol. The van der Waals surface area contributed by atoms with Crippen molar-refractivity contribution in [1.82, 2.24) is 5.32 Å². The summed E-state index contributed by atoms with van der Waals surface area (Å²) >= 11 is 1.62. The maximum absolute atomic E-state index is 13.0. The second-order valence-corrected chi connectivity index (χ2v) is 7.44. The number of carbonyl (C=O) groups excluding carboxylic acids is 2. The van der Waals surface area contributed by atoms with Crippen molar-refractivity contribution >= 4 is 35.3 Å². The second kappa shape index (κ2) is 11.0. The zero-order valence-corrected chi connectivity index (χ0v) is 18.2. The van der Waals surface area contributed by atoms with Gasteiger partial charge in [0.1, 0.15) is 11.4 Å². The minimum Gasteiger partial charge on any atom is -0.494 e. The van der Waals surface area contributed by atoms with Crippen LogP contribution in [0.2, 0.25) is 0 Å². The van der Waals surface area contributed by atoms with Crippen LogP contribution in [0.4, 0.5) is 5.69 Å². The minimum atomic E-state index is -0.407. The molecule has 2 N–H and O–H groups in total. The molecule has 0 fully saturated rings. The van der Waals surface area contributed by atoms with Gasteiger partial charge in [-0.25, -0.2) is 0 Å². The van der Waals surface area contributed by atoms with E-state index in [2.05, 4.69) is 10.6 Å². The van der Waals surface area contributed by atoms with Gasteiger partial charge in [-0.1, -0.05) is 30.3 Å². The lowest BCUT2D eigenvalue weighted by Gasteiger charge is -2.12. The highest BCUT2D eigenvalue weighted by molar-refractivity contribution is 7.98. The van der Waals surface area contributed by atoms with E-state index in [1.807, 2.05) is 67.8 Å². The van der Waals surface area contributed by atoms with E-state index in [9.17, 15) is 9.59 Å². The number of anilines is 1. The van der Waals surface area contributed by atoms with Crippen LogP contribution in [-0.4, -0.2) is 24.7 Å². The fourth-order valence-electron chi connectivity index (χ4n) is 2.81. The molecule has 0 atom stereocenters. The molecule has 0 unspecified atom stereocenters. The number of nitrogens with one attached hydrogen (secondary N) is 2. The molecule has 3 rings (SSSR count). The van der Waals surface area contributed by atoms with Crippen LogP contribution < -0.4 is 15.4 Å². The quantitative estimate of drug-likeness (QED) is 0.378. The van der Waals surface area contributed by atoms with Crippen LogP contribution in [0.5, 0.6) is 5.75 Å². The minimum absolute atomic E-state index is 0.145. The molecule has 3 aromatic rings. The molecule has 3 aromatic carbocycles. The fraction of sp³-hybridized carbons (Fsp3) is 0.120. The number of carbonyl (C=O) groups is 2. The summed E-state index contributed by atoms with van der Waals surface area (Å²) < 4.78 is 5.46. The molecule has 6 heteroatoms. The average molecular weight is 433 g/mol. The smallest absolute Gasteiger partial charge is 0.272 e. The van der Waals surface area contributed by atoms with Gasteiger partial charge in [-0.05, 0) is 73.3 Å². The molecule has 0 bridgehead atoms. The Balaban J connectivity index is 1.84. The lowest BCUT2D eigenvalue weighted by molar-refractivity contribution is -0.113. The lowest BCUT2D eigenvalue weighted by atomic mass is 10.1. The highest BCUT2D eigenvalue weighted by atomic mass is 32.2. The predicted octanol–water partition coefficient (Wildman–Crippen LogP) is 5.22. The third-order valence-corrected chi connectivity index (χ3v) is 5.12. The summed E-state index contributed by atoms with van der Waals surface area (Å²) in [4.78, 5) is 26.8. The summed E-state index contributed by atoms with van der Waals surface area (Å²) in [6.45, 7) is 2.49. The Morgan fingerprint density at radius 3 is 2.23 bits per heavy atom. The zero-order chi connectivity index (χ0) is 22.1. The first-order chi connectivity index (χ1) is 15.1. The van der Waals surface area contributed by atoms with Crippen LogP contribution in [0, 0.1) is 0 Å². The van der Waals surface area contributed by atoms with Gasteiger partial charge in [-0.2, -0.15) is 0 Å². The molecule has 158 valence electrons. The standard InChI is InChI=1S/C25H24N2O3S/c1-3-30-21-13-9-18(10-14-21)17-23(27-24(28)19-7-5-4-6-8-19)25(29)26-20-11-15-22(31-2)16-12-20/h4-17H,3H2,1-2H3,(H,26,29)(H,27,28)/b23-17-. The topological polar surface area (TPSA) is 67.4 Å². The van der Waals surface area contributed by atoms with Crippen molar-refractivity contribution in [3.05, 3.63) is 95.7 Å². The van der Waals surface area contributed by atoms with E-state index in [4.69, 9.17) is 4.74 Å². The summed E-state index contributed by atoms with van der Waals surface area (Å²) in [6.07, 6.45) is 3.63. The Kier molecular flexibility index (Phi) is 7.90. The maximum Gasteiger partial charge on any atom is 0.272 e. The Labute approximate surface area is 186 Å². The van der Waals surface area contributed by atoms with Crippen LogP contribution in [0.15, 0.2) is 89.5 Å². The van der Waals surface area contributed by atoms with E-state index < -0.39 is 5.91 Å². The second-order valence-electron chi connectivity index (χ2n) is 6.56. The van der Waals surface area contributed by atoms with Crippen molar-refractivity contribution in [3.8, 4) is 5.75 Å². The normalized spacial score (nSPS) is 11.0. The largest absolute Gasteiger partial charge is 0.494 e. The van der Waals surface area contributed by atoms with Crippen LogP contribution in [0.3, 0.4) is 0 Å². The van der Waals surface area contributed by atoms with E-state index in [0.717, 1.165) is 16.2 Å². The highest BCUT2D eigenvalue weighted by Crippen LogP contribution is 2.19. The highest BCUT2D eigenvalue weighted by Gasteiger charge is 2.15. The Morgan fingerprint density at radius 1 is 0.935 bits per heavy atom. The van der Waals surface area contributed by atoms with Gasteiger partial charge in [-0.15, -0.1) is 11.8 Å². The van der Waals surface area contributed by atoms with Gasteiger partial charge in [0.2, 0.25) is 0 Å². The van der Waals surface area contributed by atoms with Gasteiger partial charge >= 0.3 is 0 Å². The number of rotatable bonds is 8. The van der Waals surface area contributed by atoms with Crippen LogP contribution in [-0.2, 0) is 4.79 Å². The number of amides is 2. The molecule has 0 aliphatic carbocycles. The van der Waals surface area contributed by atoms with E-state index in [-0.39, 0.29) is 11.6 Å². The van der Waals surface area contributed by atoms with E-state index in [1.54, 1.807) is 42.1 Å². The number of hydrogen-bond donors (Lipinski definition) is 2. The third-order valence-electron chi connectivity index (χ3n) is 4.38. The first-order valence-electron chi connectivity index (χ1n) is 9.85. The summed E-state index contributed by atoms with van der Waals surface area (Å²) in [5, 5.41) is 5.59. The Morgan fingerprint density at radius 2 is 1.61 bits per heavy atom. The van der Waals surface area contributed by atoms with Crippen molar-refractivity contribution in [1.29, 1.82) is 0 Å².